The van der Waals surface area contributed by atoms with E-state index in [4.69, 9.17) is 18.9 Å². The highest BCUT2D eigenvalue weighted by Crippen LogP contribution is 2.32. The highest BCUT2D eigenvalue weighted by Gasteiger charge is 2.41. The number of hydrogen-bond donors (Lipinski definition) is 8. The Morgan fingerprint density at radius 3 is 2.02 bits per heavy atom. The number of aliphatic carboxylic acids is 1. The van der Waals surface area contributed by atoms with Gasteiger partial charge in [-0.3, -0.25) is 62.5 Å². The molecule has 1 aromatic carbocycles. The average molecular weight is 1280 g/mol. The molecule has 8 N–H and O–H groups in total. The van der Waals surface area contributed by atoms with E-state index in [0.717, 1.165) is 42.2 Å². The molecule has 0 bridgehead atoms. The number of phenols is 1. The normalized spacial score (nSPS) is 16.1. The number of benzene rings is 1. The van der Waals surface area contributed by atoms with E-state index < -0.39 is 83.3 Å². The topological polar surface area (TPSA) is 360 Å². The Kier molecular flexibility index (Phi) is 30.9. The quantitative estimate of drug-likeness (QED) is 0.0205. The van der Waals surface area contributed by atoms with E-state index in [1.807, 2.05) is 41.5 Å². The molecule has 8 atom stereocenters. The van der Waals surface area contributed by atoms with Crippen LogP contribution in [0.25, 0.3) is 0 Å². The number of hydrogen-bond acceptors (Lipinski definition) is 19. The molecule has 500 valence electrons. The number of carboxylic acids is 1. The largest absolute Gasteiger partial charge is 0.506 e. The average Bonchev–Trinajstić information content (AvgIpc) is 1.49. The minimum absolute atomic E-state index is 0.0336. The van der Waals surface area contributed by atoms with Crippen molar-refractivity contribution in [3.63, 3.8) is 0 Å². The molecular formula is C62H94N10O17S. The van der Waals surface area contributed by atoms with Crippen LogP contribution >= 0.6 is 11.3 Å². The highest BCUT2D eigenvalue weighted by atomic mass is 32.1. The Morgan fingerprint density at radius 1 is 0.789 bits per heavy atom. The number of carboxylic acid groups (broad SMARTS) is 1. The first kappa shape index (κ1) is 75.1. The highest BCUT2D eigenvalue weighted by molar-refractivity contribution is 7.09. The van der Waals surface area contributed by atoms with Gasteiger partial charge < -0.3 is 66.0 Å². The number of thiazole rings is 1. The molecule has 0 unspecified atom stereocenters. The third-order valence-electron chi connectivity index (χ3n) is 15.8. The molecule has 1 fully saturated rings. The number of amides is 9. The molecule has 1 saturated heterocycles. The standard InChI is InChI=1S/C62H94N10O17S/c1-12-38(4)54(69-61(85)62(9,10)71-23-13-14-24-71)59(82)70(11)47(37(2)3)35-49(89-42(8)73)58-68-46(36-90-58)57(81)66-44(32-39(5)60(83)84)33-43-17-18-48(74)45(34-43)67-56(80)41(7)65-55(79)40(6)64-51(76)21-26-86-28-30-88-31-29-87-27-22-63-50(75)16-15-25-72-52(77)19-20-53(72)78/h17-20,34,36-41,44,47,49,54,74H,12-16,21-33,35H2,1-11H3,(H,63,75)(H,64,76)(H,65,79)(H,66,81)(H,67,80)(H,69,85)(H,83,84)/t38-,39-,40-,41-,44+,47+,49+,54-/m0/s1. The molecule has 0 saturated carbocycles. The second kappa shape index (κ2) is 37.1. The molecule has 27 nitrogen and oxygen atoms in total. The lowest BCUT2D eigenvalue weighted by molar-refractivity contribution is -0.149. The van der Waals surface area contributed by atoms with Crippen molar-refractivity contribution in [1.29, 1.82) is 0 Å². The first-order chi connectivity index (χ1) is 42.5. The monoisotopic (exact) mass is 1280 g/mol. The first-order valence-electron chi connectivity index (χ1n) is 30.8. The number of carbonyl (C=O) groups is 11. The molecule has 0 spiro atoms. The van der Waals surface area contributed by atoms with Gasteiger partial charge in [0.1, 0.15) is 34.6 Å². The molecule has 2 aliphatic rings. The number of likely N-dealkylation sites (tertiary alicyclic amines) is 1. The van der Waals surface area contributed by atoms with Crippen LogP contribution in [0.15, 0.2) is 35.7 Å². The third kappa shape index (κ3) is 24.1. The van der Waals surface area contributed by atoms with Crippen LogP contribution in [-0.4, -0.2) is 204 Å². The molecule has 3 heterocycles. The smallest absolute Gasteiger partial charge is 0.306 e. The maximum Gasteiger partial charge on any atom is 0.306 e. The van der Waals surface area contributed by atoms with Crippen molar-refractivity contribution < 1.29 is 81.9 Å². The van der Waals surface area contributed by atoms with Gasteiger partial charge in [0.25, 0.3) is 17.7 Å². The number of esters is 1. The number of carbonyl (C=O) groups excluding carboxylic acids is 10. The Morgan fingerprint density at radius 2 is 1.41 bits per heavy atom. The number of imide groups is 1. The number of nitrogens with zero attached hydrogens (tertiary/aromatic N) is 4. The molecule has 0 radical (unpaired) electrons. The van der Waals surface area contributed by atoms with Gasteiger partial charge in [0.15, 0.2) is 6.10 Å². The van der Waals surface area contributed by atoms with Crippen molar-refractivity contribution in [1.82, 2.24) is 46.3 Å². The van der Waals surface area contributed by atoms with Crippen molar-refractivity contribution in [2.24, 2.45) is 17.8 Å². The Hall–Kier alpha value is -7.40. The van der Waals surface area contributed by atoms with Crippen LogP contribution in [0.1, 0.15) is 148 Å². The van der Waals surface area contributed by atoms with Crippen LogP contribution in [0.4, 0.5) is 5.69 Å². The van der Waals surface area contributed by atoms with Crippen LogP contribution in [0.2, 0.25) is 0 Å². The fraction of sp³-hybridized carbons (Fsp3) is 0.645. The predicted molar refractivity (Wildman–Crippen MR) is 332 cm³/mol. The van der Waals surface area contributed by atoms with Crippen LogP contribution < -0.4 is 31.9 Å². The minimum atomic E-state index is -1.15. The molecule has 1 aromatic heterocycles. The van der Waals surface area contributed by atoms with Gasteiger partial charge in [0, 0.05) is 75.9 Å². The van der Waals surface area contributed by atoms with Gasteiger partial charge >= 0.3 is 11.9 Å². The number of aromatic hydroxyl groups is 1. The molecular weight excluding hydrogens is 1190 g/mol. The number of rotatable bonds is 40. The van der Waals surface area contributed by atoms with E-state index in [2.05, 4.69) is 41.8 Å². The van der Waals surface area contributed by atoms with Crippen LogP contribution in [-0.2, 0) is 73.3 Å². The van der Waals surface area contributed by atoms with Crippen molar-refractivity contribution in [3.8, 4) is 5.75 Å². The summed E-state index contributed by atoms with van der Waals surface area (Å²) in [5.41, 5.74) is -0.424. The molecule has 2 aliphatic heterocycles. The van der Waals surface area contributed by atoms with Gasteiger partial charge in [-0.25, -0.2) is 4.98 Å². The van der Waals surface area contributed by atoms with Gasteiger partial charge in [-0.2, -0.15) is 0 Å². The Labute approximate surface area is 530 Å². The summed E-state index contributed by atoms with van der Waals surface area (Å²) in [7, 11) is 1.67. The van der Waals surface area contributed by atoms with Crippen LogP contribution in [0.5, 0.6) is 5.75 Å². The van der Waals surface area contributed by atoms with Crippen molar-refractivity contribution >= 4 is 82.1 Å². The molecule has 0 aliphatic carbocycles. The molecule has 28 heteroatoms. The summed E-state index contributed by atoms with van der Waals surface area (Å²) < 4.78 is 22.2. The van der Waals surface area contributed by atoms with E-state index in [0.29, 0.717) is 18.4 Å². The van der Waals surface area contributed by atoms with Gasteiger partial charge in [-0.1, -0.05) is 47.1 Å². The number of nitrogens with one attached hydrogen (secondary N) is 6. The number of ether oxygens (including phenoxy) is 4. The molecule has 2 aromatic rings. The fourth-order valence-corrected chi connectivity index (χ4v) is 10.9. The van der Waals surface area contributed by atoms with E-state index in [1.165, 1.54) is 57.4 Å². The van der Waals surface area contributed by atoms with Crippen molar-refractivity contribution in [2.45, 2.75) is 169 Å². The molecule has 90 heavy (non-hydrogen) atoms. The summed E-state index contributed by atoms with van der Waals surface area (Å²) >= 11 is 1.07. The number of anilines is 1. The lowest BCUT2D eigenvalue weighted by atomic mass is 9.92. The SMILES string of the molecule is CC[C@H](C)[C@H](NC(=O)C(C)(C)N1CCCC1)C(=O)N(C)[C@H](C[C@@H](OC(C)=O)c1nc(C(=O)N[C@@H](Cc2ccc(O)c(NC(=O)[C@H](C)NC(=O)[C@H](C)NC(=O)CCOCCOCCOCCNC(=O)CCCN3C(=O)C=CC3=O)c2)C[C@H](C)C(=O)O)cs1)C(C)C. The number of likely N-dealkylation sites (N-methyl/N-ethyl adjacent to an activating group) is 1. The second-order valence-electron chi connectivity index (χ2n) is 23.7. The zero-order valence-electron chi connectivity index (χ0n) is 53.8. The van der Waals surface area contributed by atoms with E-state index in [-0.39, 0.29) is 148 Å². The van der Waals surface area contributed by atoms with E-state index >= 15 is 0 Å². The van der Waals surface area contributed by atoms with Crippen LogP contribution in [0.3, 0.4) is 0 Å². The lowest BCUT2D eigenvalue weighted by Gasteiger charge is -2.39. The third-order valence-corrected chi connectivity index (χ3v) is 16.8. The second-order valence-corrected chi connectivity index (χ2v) is 24.6. The zero-order chi connectivity index (χ0) is 66.8. The zero-order valence-corrected chi connectivity index (χ0v) is 54.6. The summed E-state index contributed by atoms with van der Waals surface area (Å²) in [6.45, 7) is 20.3. The predicted octanol–water partition coefficient (Wildman–Crippen LogP) is 3.39. The van der Waals surface area contributed by atoms with E-state index in [9.17, 15) is 63.0 Å². The molecule has 4 rings (SSSR count). The summed E-state index contributed by atoms with van der Waals surface area (Å²) in [5, 5.41) is 38.8. The van der Waals surface area contributed by atoms with Crippen molar-refractivity contribution in [3.05, 3.63) is 52.0 Å². The summed E-state index contributed by atoms with van der Waals surface area (Å²) in [6.07, 6.45) is 4.55. The number of phenolic OH excluding ortho intramolecular Hbond substituents is 1. The Balaban J connectivity index is 1.25. The van der Waals surface area contributed by atoms with Gasteiger partial charge in [-0.15, -0.1) is 11.3 Å². The van der Waals surface area contributed by atoms with E-state index in [1.54, 1.807) is 18.0 Å². The molecule has 9 amide bonds. The minimum Gasteiger partial charge on any atom is -0.506 e. The summed E-state index contributed by atoms with van der Waals surface area (Å²) in [5.74, 6) is -7.41. The maximum atomic E-state index is 14.5. The first-order valence-corrected chi connectivity index (χ1v) is 31.7. The maximum absolute atomic E-state index is 14.5. The van der Waals surface area contributed by atoms with Crippen molar-refractivity contribution in [2.75, 3.05) is 78.2 Å². The van der Waals surface area contributed by atoms with Gasteiger partial charge in [-0.05, 0) is 102 Å². The Bertz CT molecular complexity index is 2800. The van der Waals surface area contributed by atoms with Gasteiger partial charge in [0.05, 0.1) is 56.8 Å². The summed E-state index contributed by atoms with van der Waals surface area (Å²) in [6, 6.07) is -0.0564. The lowest BCUT2D eigenvalue weighted by Crippen LogP contribution is -2.60. The number of aromatic nitrogens is 1. The van der Waals surface area contributed by atoms with Gasteiger partial charge in [0.2, 0.25) is 35.4 Å². The van der Waals surface area contributed by atoms with Crippen LogP contribution in [0, 0.1) is 17.8 Å². The fourth-order valence-electron chi connectivity index (χ4n) is 10.0. The summed E-state index contributed by atoms with van der Waals surface area (Å²) in [4.78, 5) is 151.